The first-order valence-electron chi connectivity index (χ1n) is 5.87. The number of hydrogen-bond acceptors (Lipinski definition) is 6. The molecule has 0 unspecified atom stereocenters. The van der Waals surface area contributed by atoms with E-state index >= 15 is 0 Å². The van der Waals surface area contributed by atoms with Crippen molar-refractivity contribution in [1.82, 2.24) is 0 Å². The minimum atomic E-state index is -0.461. The fraction of sp³-hybridized carbons (Fsp3) is 0.500. The van der Waals surface area contributed by atoms with Crippen molar-refractivity contribution in [2.24, 2.45) is 0 Å². The average molecular weight is 269 g/mol. The van der Waals surface area contributed by atoms with Gasteiger partial charge in [0, 0.05) is 27.3 Å². The third kappa shape index (κ3) is 4.08. The molecule has 0 radical (unpaired) electrons. The summed E-state index contributed by atoms with van der Waals surface area (Å²) in [5.41, 5.74) is 6.25. The van der Waals surface area contributed by atoms with Gasteiger partial charge in [-0.15, -0.1) is 0 Å². The maximum atomic E-state index is 11.1. The van der Waals surface area contributed by atoms with E-state index in [9.17, 15) is 10.1 Å². The van der Waals surface area contributed by atoms with Gasteiger partial charge in [0.25, 0.3) is 0 Å². The van der Waals surface area contributed by atoms with Gasteiger partial charge in [-0.05, 0) is 12.1 Å². The molecule has 7 nitrogen and oxygen atoms in total. The molecule has 0 atom stereocenters. The van der Waals surface area contributed by atoms with Gasteiger partial charge in [0.1, 0.15) is 11.4 Å². The number of methoxy groups -OCH3 is 2. The van der Waals surface area contributed by atoms with Crippen molar-refractivity contribution >= 4 is 17.1 Å². The molecule has 0 bridgehead atoms. The topological polar surface area (TPSA) is 90.9 Å². The van der Waals surface area contributed by atoms with Crippen molar-refractivity contribution < 1.29 is 14.4 Å². The second-order valence-corrected chi connectivity index (χ2v) is 3.94. The predicted octanol–water partition coefficient (Wildman–Crippen LogP) is 1.28. The van der Waals surface area contributed by atoms with Crippen molar-refractivity contribution in [3.63, 3.8) is 0 Å². The van der Waals surface area contributed by atoms with Crippen LogP contribution >= 0.6 is 0 Å². The largest absolute Gasteiger partial charge is 0.393 e. The van der Waals surface area contributed by atoms with E-state index in [0.29, 0.717) is 32.0 Å². The Morgan fingerprint density at radius 2 is 1.84 bits per heavy atom. The van der Waals surface area contributed by atoms with Crippen LogP contribution < -0.4 is 10.6 Å². The van der Waals surface area contributed by atoms with Gasteiger partial charge in [-0.2, -0.15) is 0 Å². The van der Waals surface area contributed by atoms with E-state index in [4.69, 9.17) is 15.2 Å². The number of nitrogens with two attached hydrogens (primary N) is 1. The fourth-order valence-electron chi connectivity index (χ4n) is 1.76. The Balaban J connectivity index is 3.06. The Morgan fingerprint density at radius 3 is 2.32 bits per heavy atom. The number of para-hydroxylation sites is 1. The number of rotatable bonds is 8. The zero-order chi connectivity index (χ0) is 14.3. The highest BCUT2D eigenvalue weighted by atomic mass is 16.6. The van der Waals surface area contributed by atoms with Crippen LogP contribution in [0.3, 0.4) is 0 Å². The number of benzene rings is 1. The van der Waals surface area contributed by atoms with Gasteiger partial charge in [-0.3, -0.25) is 10.1 Å². The quantitative estimate of drug-likeness (QED) is 0.434. The third-order valence-electron chi connectivity index (χ3n) is 2.70. The van der Waals surface area contributed by atoms with Crippen LogP contribution in [0.2, 0.25) is 0 Å². The molecular formula is C12H19N3O4. The van der Waals surface area contributed by atoms with Crippen LogP contribution in [0.15, 0.2) is 18.2 Å². The highest BCUT2D eigenvalue weighted by Crippen LogP contribution is 2.33. The summed E-state index contributed by atoms with van der Waals surface area (Å²) < 4.78 is 10.0. The number of hydrogen-bond donors (Lipinski definition) is 1. The molecule has 1 rings (SSSR count). The molecule has 0 aliphatic heterocycles. The van der Waals surface area contributed by atoms with Crippen molar-refractivity contribution in [3.8, 4) is 0 Å². The van der Waals surface area contributed by atoms with Gasteiger partial charge >= 0.3 is 5.69 Å². The van der Waals surface area contributed by atoms with Crippen molar-refractivity contribution in [1.29, 1.82) is 0 Å². The standard InChI is InChI=1S/C12H19N3O4/c1-18-8-6-14(7-9-19-2)11-5-3-4-10(13)12(11)15(16)17/h3-5H,6-9,13H2,1-2H3. The van der Waals surface area contributed by atoms with E-state index in [1.165, 1.54) is 6.07 Å². The number of nitro benzene ring substituents is 1. The molecule has 0 saturated heterocycles. The maximum Gasteiger partial charge on any atom is 0.315 e. The summed E-state index contributed by atoms with van der Waals surface area (Å²) in [7, 11) is 3.17. The van der Waals surface area contributed by atoms with Crippen LogP contribution in [0.4, 0.5) is 17.1 Å². The number of nitro groups is 1. The zero-order valence-corrected chi connectivity index (χ0v) is 11.2. The van der Waals surface area contributed by atoms with Crippen LogP contribution in [0.5, 0.6) is 0 Å². The molecule has 0 aliphatic rings. The smallest absolute Gasteiger partial charge is 0.315 e. The first kappa shape index (κ1) is 15.2. The summed E-state index contributed by atoms with van der Waals surface area (Å²) in [5.74, 6) is 0. The Morgan fingerprint density at radius 1 is 1.26 bits per heavy atom. The van der Waals surface area contributed by atoms with Crippen molar-refractivity contribution in [2.45, 2.75) is 0 Å². The van der Waals surface area contributed by atoms with E-state index < -0.39 is 4.92 Å². The van der Waals surface area contributed by atoms with Gasteiger partial charge in [-0.1, -0.05) is 6.07 Å². The fourth-order valence-corrected chi connectivity index (χ4v) is 1.76. The molecule has 0 fully saturated rings. The van der Waals surface area contributed by atoms with E-state index in [1.807, 2.05) is 4.90 Å². The maximum absolute atomic E-state index is 11.1. The molecule has 19 heavy (non-hydrogen) atoms. The minimum Gasteiger partial charge on any atom is -0.393 e. The van der Waals surface area contributed by atoms with Crippen LogP contribution in [0.25, 0.3) is 0 Å². The summed E-state index contributed by atoms with van der Waals surface area (Å²) in [6.07, 6.45) is 0. The molecule has 0 aromatic heterocycles. The first-order chi connectivity index (χ1) is 9.11. The molecule has 0 aliphatic carbocycles. The summed E-state index contributed by atoms with van der Waals surface area (Å²) in [6, 6.07) is 4.90. The SMILES string of the molecule is COCCN(CCOC)c1cccc(N)c1[N+](=O)[O-]. The summed E-state index contributed by atoms with van der Waals surface area (Å²) in [5, 5.41) is 11.1. The number of nitrogen functional groups attached to an aromatic ring is 1. The Labute approximate surface area is 112 Å². The Hall–Kier alpha value is -1.86. The highest BCUT2D eigenvalue weighted by Gasteiger charge is 2.22. The molecular weight excluding hydrogens is 250 g/mol. The van der Waals surface area contributed by atoms with E-state index in [0.717, 1.165) is 0 Å². The van der Waals surface area contributed by atoms with Gasteiger partial charge in [0.2, 0.25) is 0 Å². The summed E-state index contributed by atoms with van der Waals surface area (Å²) in [4.78, 5) is 12.5. The lowest BCUT2D eigenvalue weighted by atomic mass is 10.2. The molecule has 106 valence electrons. The number of nitrogens with zero attached hydrogens (tertiary/aromatic N) is 2. The molecule has 0 spiro atoms. The number of anilines is 2. The lowest BCUT2D eigenvalue weighted by molar-refractivity contribution is -0.383. The van der Waals surface area contributed by atoms with Crippen molar-refractivity contribution in [2.75, 3.05) is 51.2 Å². The van der Waals surface area contributed by atoms with Gasteiger partial charge in [-0.25, -0.2) is 0 Å². The first-order valence-corrected chi connectivity index (χ1v) is 5.87. The number of ether oxygens (including phenoxy) is 2. The molecule has 1 aromatic carbocycles. The van der Waals surface area contributed by atoms with Crippen LogP contribution in [0.1, 0.15) is 0 Å². The molecule has 7 heteroatoms. The third-order valence-corrected chi connectivity index (χ3v) is 2.70. The second-order valence-electron chi connectivity index (χ2n) is 3.94. The summed E-state index contributed by atoms with van der Waals surface area (Å²) >= 11 is 0. The Bertz CT molecular complexity index is 417. The monoisotopic (exact) mass is 269 g/mol. The molecule has 0 heterocycles. The Kier molecular flexibility index (Phi) is 6.04. The molecule has 1 aromatic rings. The predicted molar refractivity (Wildman–Crippen MR) is 73.5 cm³/mol. The lowest BCUT2D eigenvalue weighted by Crippen LogP contribution is -2.31. The minimum absolute atomic E-state index is 0.0743. The molecule has 2 N–H and O–H groups in total. The highest BCUT2D eigenvalue weighted by molar-refractivity contribution is 5.75. The van der Waals surface area contributed by atoms with Gasteiger partial charge in [0.15, 0.2) is 0 Å². The normalized spacial score (nSPS) is 10.4. The lowest BCUT2D eigenvalue weighted by Gasteiger charge is -2.24. The van der Waals surface area contributed by atoms with Crippen LogP contribution in [-0.4, -0.2) is 45.4 Å². The van der Waals surface area contributed by atoms with Gasteiger partial charge < -0.3 is 20.1 Å². The summed E-state index contributed by atoms with van der Waals surface area (Å²) in [6.45, 7) is 2.00. The molecule has 0 amide bonds. The second kappa shape index (κ2) is 7.55. The molecule has 0 saturated carbocycles. The van der Waals surface area contributed by atoms with Gasteiger partial charge in [0.05, 0.1) is 18.1 Å². The van der Waals surface area contributed by atoms with Crippen LogP contribution in [0, 0.1) is 10.1 Å². The van der Waals surface area contributed by atoms with E-state index in [-0.39, 0.29) is 11.4 Å². The zero-order valence-electron chi connectivity index (χ0n) is 11.2. The average Bonchev–Trinajstić information content (AvgIpc) is 2.38. The van der Waals surface area contributed by atoms with Crippen molar-refractivity contribution in [3.05, 3.63) is 28.3 Å². The van der Waals surface area contributed by atoms with Crippen LogP contribution in [-0.2, 0) is 9.47 Å². The van der Waals surface area contributed by atoms with E-state index in [2.05, 4.69) is 0 Å². The van der Waals surface area contributed by atoms with E-state index in [1.54, 1.807) is 26.4 Å².